The molecule has 0 aromatic carbocycles. The van der Waals surface area contributed by atoms with Gasteiger partial charge in [-0.3, -0.25) is 4.79 Å². The highest BCUT2D eigenvalue weighted by Gasteiger charge is 2.30. The summed E-state index contributed by atoms with van der Waals surface area (Å²) in [7, 11) is 0. The molecule has 1 N–H and O–H groups in total. The van der Waals surface area contributed by atoms with E-state index in [1.165, 1.54) is 0 Å². The number of rotatable bonds is 2. The maximum absolute atomic E-state index is 11.5. The molecule has 1 aliphatic rings. The van der Waals surface area contributed by atoms with E-state index in [1.54, 1.807) is 6.92 Å². The van der Waals surface area contributed by atoms with Gasteiger partial charge in [0, 0.05) is 6.61 Å². The predicted octanol–water partition coefficient (Wildman–Crippen LogP) is 0.549. The summed E-state index contributed by atoms with van der Waals surface area (Å²) in [5.41, 5.74) is 0. The Morgan fingerprint density at radius 3 is 2.92 bits per heavy atom. The highest BCUT2D eigenvalue weighted by atomic mass is 16.5. The molecule has 0 saturated carbocycles. The van der Waals surface area contributed by atoms with Gasteiger partial charge in [-0.05, 0) is 19.3 Å². The molecule has 1 rings (SSSR count). The Balaban J connectivity index is 2.44. The maximum Gasteiger partial charge on any atom is 0.250 e. The van der Waals surface area contributed by atoms with Gasteiger partial charge in [-0.2, -0.15) is 0 Å². The van der Waals surface area contributed by atoms with Gasteiger partial charge >= 0.3 is 0 Å². The van der Waals surface area contributed by atoms with Crippen molar-refractivity contribution >= 4 is 5.91 Å². The molecule has 0 radical (unpaired) electrons. The lowest BCUT2D eigenvalue weighted by Crippen LogP contribution is -2.41. The molecule has 1 amide bonds. The summed E-state index contributed by atoms with van der Waals surface area (Å²) in [4.78, 5) is 11.5. The van der Waals surface area contributed by atoms with Crippen molar-refractivity contribution in [2.75, 3.05) is 6.61 Å². The van der Waals surface area contributed by atoms with Crippen LogP contribution in [0.25, 0.3) is 0 Å². The number of ether oxygens (including phenoxy) is 1. The van der Waals surface area contributed by atoms with Crippen molar-refractivity contribution in [1.29, 1.82) is 0 Å². The zero-order valence-corrected chi connectivity index (χ0v) is 8.04. The molecule has 3 unspecified atom stereocenters. The zero-order chi connectivity index (χ0) is 9.84. The first-order valence-electron chi connectivity index (χ1n) is 4.53. The van der Waals surface area contributed by atoms with Crippen LogP contribution in [0.1, 0.15) is 20.3 Å². The maximum atomic E-state index is 11.5. The van der Waals surface area contributed by atoms with Crippen LogP contribution < -0.4 is 5.32 Å². The molecule has 1 heterocycles. The Morgan fingerprint density at radius 2 is 2.46 bits per heavy atom. The molecule has 1 aliphatic heterocycles. The van der Waals surface area contributed by atoms with E-state index in [4.69, 9.17) is 11.2 Å². The van der Waals surface area contributed by atoms with Crippen molar-refractivity contribution in [2.45, 2.75) is 32.4 Å². The lowest BCUT2D eigenvalue weighted by atomic mass is 10.0. The normalized spacial score (nSPS) is 29.3. The summed E-state index contributed by atoms with van der Waals surface area (Å²) in [5, 5.41) is 2.70. The van der Waals surface area contributed by atoms with Gasteiger partial charge in [0.25, 0.3) is 0 Å². The first kappa shape index (κ1) is 10.1. The molecular weight excluding hydrogens is 166 g/mol. The minimum atomic E-state index is -0.309. The van der Waals surface area contributed by atoms with Crippen molar-refractivity contribution in [3.8, 4) is 12.3 Å². The van der Waals surface area contributed by atoms with Gasteiger partial charge in [0.1, 0.15) is 6.10 Å². The third-order valence-electron chi connectivity index (χ3n) is 2.25. The first-order valence-corrected chi connectivity index (χ1v) is 4.53. The zero-order valence-electron chi connectivity index (χ0n) is 8.04. The molecule has 0 aliphatic carbocycles. The summed E-state index contributed by atoms with van der Waals surface area (Å²) in [6, 6.07) is -0.219. The van der Waals surface area contributed by atoms with Gasteiger partial charge < -0.3 is 10.1 Å². The number of terminal acetylenes is 1. The van der Waals surface area contributed by atoms with Crippen LogP contribution in [0.15, 0.2) is 0 Å². The molecule has 3 atom stereocenters. The van der Waals surface area contributed by atoms with Crippen molar-refractivity contribution in [2.24, 2.45) is 5.92 Å². The topological polar surface area (TPSA) is 38.3 Å². The summed E-state index contributed by atoms with van der Waals surface area (Å²) >= 11 is 0. The quantitative estimate of drug-likeness (QED) is 0.632. The summed E-state index contributed by atoms with van der Waals surface area (Å²) < 4.78 is 5.29. The van der Waals surface area contributed by atoms with E-state index in [0.717, 1.165) is 6.42 Å². The van der Waals surface area contributed by atoms with Crippen LogP contribution in [-0.4, -0.2) is 24.7 Å². The molecule has 13 heavy (non-hydrogen) atoms. The molecule has 0 bridgehead atoms. The highest BCUT2D eigenvalue weighted by Crippen LogP contribution is 2.19. The van der Waals surface area contributed by atoms with Crippen LogP contribution >= 0.6 is 0 Å². The third-order valence-corrected chi connectivity index (χ3v) is 2.25. The number of nitrogens with one attached hydrogen (secondary N) is 1. The van der Waals surface area contributed by atoms with Crippen LogP contribution in [0.3, 0.4) is 0 Å². The molecule has 0 aromatic heterocycles. The second-order valence-corrected chi connectivity index (χ2v) is 3.45. The summed E-state index contributed by atoms with van der Waals surface area (Å²) in [6.45, 7) is 4.46. The number of carbonyl (C=O) groups is 1. The second-order valence-electron chi connectivity index (χ2n) is 3.45. The van der Waals surface area contributed by atoms with E-state index in [-0.39, 0.29) is 18.1 Å². The Labute approximate surface area is 78.8 Å². The molecule has 0 spiro atoms. The minimum absolute atomic E-state index is 0.0875. The van der Waals surface area contributed by atoms with Crippen molar-refractivity contribution in [3.05, 3.63) is 0 Å². The summed E-state index contributed by atoms with van der Waals surface area (Å²) in [5.74, 6) is 2.66. The van der Waals surface area contributed by atoms with Crippen LogP contribution in [-0.2, 0) is 9.53 Å². The van der Waals surface area contributed by atoms with E-state index in [0.29, 0.717) is 12.5 Å². The SMILES string of the molecule is C#CC(C)NC(=O)C1OCCC1C. The first-order chi connectivity index (χ1) is 6.15. The van der Waals surface area contributed by atoms with Gasteiger partial charge in [0.15, 0.2) is 0 Å². The van der Waals surface area contributed by atoms with Crippen LogP contribution in [0, 0.1) is 18.3 Å². The molecule has 1 fully saturated rings. The van der Waals surface area contributed by atoms with Gasteiger partial charge in [-0.1, -0.05) is 12.8 Å². The third kappa shape index (κ3) is 2.46. The second kappa shape index (κ2) is 4.29. The number of carbonyl (C=O) groups excluding carboxylic acids is 1. The van der Waals surface area contributed by atoms with Crippen LogP contribution in [0.4, 0.5) is 0 Å². The van der Waals surface area contributed by atoms with Crippen LogP contribution in [0.5, 0.6) is 0 Å². The predicted molar refractivity (Wildman–Crippen MR) is 50.0 cm³/mol. The van der Waals surface area contributed by atoms with Gasteiger partial charge in [0.2, 0.25) is 5.91 Å². The molecule has 3 nitrogen and oxygen atoms in total. The molecular formula is C10H15NO2. The number of hydrogen-bond donors (Lipinski definition) is 1. The standard InChI is InChI=1S/C10H15NO2/c1-4-8(3)11-10(12)9-7(2)5-6-13-9/h1,7-9H,5-6H2,2-3H3,(H,11,12). The minimum Gasteiger partial charge on any atom is -0.368 e. The van der Waals surface area contributed by atoms with Gasteiger partial charge in [-0.15, -0.1) is 6.42 Å². The van der Waals surface area contributed by atoms with E-state index in [9.17, 15) is 4.79 Å². The molecule has 1 saturated heterocycles. The van der Waals surface area contributed by atoms with Crippen molar-refractivity contribution in [1.82, 2.24) is 5.32 Å². The summed E-state index contributed by atoms with van der Waals surface area (Å²) in [6.07, 6.45) is 5.79. The average molecular weight is 181 g/mol. The Hall–Kier alpha value is -1.01. The Bertz CT molecular complexity index is 232. The Morgan fingerprint density at radius 1 is 1.77 bits per heavy atom. The molecule has 0 aromatic rings. The average Bonchev–Trinajstić information content (AvgIpc) is 2.51. The number of amides is 1. The van der Waals surface area contributed by atoms with Crippen LogP contribution in [0.2, 0.25) is 0 Å². The van der Waals surface area contributed by atoms with E-state index in [1.807, 2.05) is 6.92 Å². The molecule has 3 heteroatoms. The largest absolute Gasteiger partial charge is 0.368 e. The van der Waals surface area contributed by atoms with E-state index in [2.05, 4.69) is 11.2 Å². The fourth-order valence-electron chi connectivity index (χ4n) is 1.37. The van der Waals surface area contributed by atoms with E-state index >= 15 is 0 Å². The van der Waals surface area contributed by atoms with E-state index < -0.39 is 0 Å². The number of hydrogen-bond acceptors (Lipinski definition) is 2. The lowest BCUT2D eigenvalue weighted by Gasteiger charge is -2.15. The Kier molecular flexibility index (Phi) is 3.32. The van der Waals surface area contributed by atoms with Crippen molar-refractivity contribution < 1.29 is 9.53 Å². The monoisotopic (exact) mass is 181 g/mol. The van der Waals surface area contributed by atoms with Gasteiger partial charge in [-0.25, -0.2) is 0 Å². The van der Waals surface area contributed by atoms with Crippen molar-refractivity contribution in [3.63, 3.8) is 0 Å². The fourth-order valence-corrected chi connectivity index (χ4v) is 1.37. The fraction of sp³-hybridized carbons (Fsp3) is 0.700. The molecule has 72 valence electrons. The highest BCUT2D eigenvalue weighted by molar-refractivity contribution is 5.81. The lowest BCUT2D eigenvalue weighted by molar-refractivity contribution is -0.131. The smallest absolute Gasteiger partial charge is 0.250 e. The van der Waals surface area contributed by atoms with Gasteiger partial charge in [0.05, 0.1) is 6.04 Å².